The highest BCUT2D eigenvalue weighted by atomic mass is 127. The zero-order valence-electron chi connectivity index (χ0n) is 12.9. The van der Waals surface area contributed by atoms with E-state index in [0.29, 0.717) is 17.6 Å². The first-order chi connectivity index (χ1) is 10.2. The molecule has 0 aliphatic heterocycles. The van der Waals surface area contributed by atoms with Crippen molar-refractivity contribution in [3.8, 4) is 0 Å². The Morgan fingerprint density at radius 2 is 2.05 bits per heavy atom. The molecule has 2 rings (SSSR count). The summed E-state index contributed by atoms with van der Waals surface area (Å²) in [5, 5.41) is 17.5. The lowest BCUT2D eigenvalue weighted by atomic mass is 10.1. The van der Waals surface area contributed by atoms with Gasteiger partial charge in [0.15, 0.2) is 5.96 Å². The summed E-state index contributed by atoms with van der Waals surface area (Å²) in [6.07, 6.45) is 4.26. The van der Waals surface area contributed by atoms with Gasteiger partial charge in [0, 0.05) is 23.2 Å². The van der Waals surface area contributed by atoms with Gasteiger partial charge in [-0.1, -0.05) is 42.6 Å². The Labute approximate surface area is 154 Å². The summed E-state index contributed by atoms with van der Waals surface area (Å²) in [6.45, 7) is 3.14. The Bertz CT molecular complexity index is 478. The molecule has 1 aromatic carbocycles. The molecule has 22 heavy (non-hydrogen) atoms. The summed E-state index contributed by atoms with van der Waals surface area (Å²) in [4.78, 5) is 4.48. The highest BCUT2D eigenvalue weighted by Crippen LogP contribution is 2.22. The summed E-state index contributed by atoms with van der Waals surface area (Å²) in [7, 11) is 0. The third-order valence-electron chi connectivity index (χ3n) is 3.73. The third-order valence-corrected chi connectivity index (χ3v) is 4.07. The van der Waals surface area contributed by atoms with E-state index < -0.39 is 6.10 Å². The van der Waals surface area contributed by atoms with Gasteiger partial charge in [-0.2, -0.15) is 0 Å². The van der Waals surface area contributed by atoms with Crippen LogP contribution in [0.3, 0.4) is 0 Å². The number of rotatable bonds is 5. The SMILES string of the molecule is CCNC(=NCC(O)c1ccccc1Cl)NC1CCCC1.I. The zero-order valence-corrected chi connectivity index (χ0v) is 16.0. The van der Waals surface area contributed by atoms with Gasteiger partial charge in [-0.3, -0.25) is 4.99 Å². The van der Waals surface area contributed by atoms with Gasteiger partial charge in [0.05, 0.1) is 6.54 Å². The van der Waals surface area contributed by atoms with Crippen LogP contribution < -0.4 is 10.6 Å². The maximum Gasteiger partial charge on any atom is 0.191 e. The Kier molecular flexibility index (Phi) is 9.12. The molecule has 0 spiro atoms. The van der Waals surface area contributed by atoms with Gasteiger partial charge in [-0.05, 0) is 25.8 Å². The number of halogens is 2. The molecule has 124 valence electrons. The maximum atomic E-state index is 10.2. The fourth-order valence-corrected chi connectivity index (χ4v) is 2.87. The predicted molar refractivity (Wildman–Crippen MR) is 103 cm³/mol. The second-order valence-corrected chi connectivity index (χ2v) is 5.79. The van der Waals surface area contributed by atoms with Gasteiger partial charge in [-0.15, -0.1) is 24.0 Å². The smallest absolute Gasteiger partial charge is 0.191 e. The first kappa shape index (κ1) is 19.5. The van der Waals surface area contributed by atoms with Crippen LogP contribution in [-0.4, -0.2) is 30.2 Å². The molecule has 1 aliphatic rings. The monoisotopic (exact) mass is 437 g/mol. The highest BCUT2D eigenvalue weighted by molar-refractivity contribution is 14.0. The zero-order chi connectivity index (χ0) is 15.1. The third kappa shape index (κ3) is 5.93. The molecule has 0 radical (unpaired) electrons. The van der Waals surface area contributed by atoms with Crippen LogP contribution in [-0.2, 0) is 0 Å². The van der Waals surface area contributed by atoms with E-state index in [4.69, 9.17) is 11.6 Å². The number of aliphatic imine (C=N–C) groups is 1. The number of benzene rings is 1. The van der Waals surface area contributed by atoms with Crippen LogP contribution in [0.4, 0.5) is 0 Å². The summed E-state index contributed by atoms with van der Waals surface area (Å²) < 4.78 is 0. The van der Waals surface area contributed by atoms with E-state index in [2.05, 4.69) is 15.6 Å². The van der Waals surface area contributed by atoms with E-state index in [-0.39, 0.29) is 24.0 Å². The maximum absolute atomic E-state index is 10.2. The lowest BCUT2D eigenvalue weighted by molar-refractivity contribution is 0.187. The number of aliphatic hydroxyl groups excluding tert-OH is 1. The lowest BCUT2D eigenvalue weighted by Crippen LogP contribution is -2.42. The van der Waals surface area contributed by atoms with Crippen molar-refractivity contribution in [3.63, 3.8) is 0 Å². The van der Waals surface area contributed by atoms with E-state index in [1.165, 1.54) is 25.7 Å². The van der Waals surface area contributed by atoms with Gasteiger partial charge in [0.2, 0.25) is 0 Å². The molecule has 0 heterocycles. The summed E-state index contributed by atoms with van der Waals surface area (Å²) in [6, 6.07) is 7.84. The number of nitrogens with one attached hydrogen (secondary N) is 2. The van der Waals surface area contributed by atoms with Gasteiger partial charge in [0.25, 0.3) is 0 Å². The molecule has 1 unspecified atom stereocenters. The van der Waals surface area contributed by atoms with Gasteiger partial charge < -0.3 is 15.7 Å². The molecule has 6 heteroatoms. The standard InChI is InChI=1S/C16H24ClN3O.HI/c1-2-18-16(20-12-7-3-4-8-12)19-11-15(21)13-9-5-6-10-14(13)17;/h5-6,9-10,12,15,21H,2-4,7-8,11H2,1H3,(H2,18,19,20);1H. The van der Waals surface area contributed by atoms with Gasteiger partial charge in [-0.25, -0.2) is 0 Å². The van der Waals surface area contributed by atoms with Gasteiger partial charge >= 0.3 is 0 Å². The molecule has 1 atom stereocenters. The number of guanidine groups is 1. The van der Waals surface area contributed by atoms with E-state index in [9.17, 15) is 5.11 Å². The van der Waals surface area contributed by atoms with Crippen molar-refractivity contribution in [2.24, 2.45) is 4.99 Å². The molecule has 1 saturated carbocycles. The second-order valence-electron chi connectivity index (χ2n) is 5.38. The van der Waals surface area contributed by atoms with Crippen molar-refractivity contribution in [2.75, 3.05) is 13.1 Å². The van der Waals surface area contributed by atoms with Crippen LogP contribution in [0.2, 0.25) is 5.02 Å². The molecular formula is C16H25ClIN3O. The minimum Gasteiger partial charge on any atom is -0.386 e. The quantitative estimate of drug-likeness (QED) is 0.375. The van der Waals surface area contributed by atoms with Crippen molar-refractivity contribution in [1.82, 2.24) is 10.6 Å². The number of nitrogens with zero attached hydrogens (tertiary/aromatic N) is 1. The van der Waals surface area contributed by atoms with E-state index in [1.807, 2.05) is 25.1 Å². The van der Waals surface area contributed by atoms with Gasteiger partial charge in [0.1, 0.15) is 6.10 Å². The van der Waals surface area contributed by atoms with Crippen LogP contribution in [0.1, 0.15) is 44.3 Å². The highest BCUT2D eigenvalue weighted by Gasteiger charge is 2.16. The second kappa shape index (κ2) is 10.3. The average molecular weight is 438 g/mol. The van der Waals surface area contributed by atoms with E-state index in [0.717, 1.165) is 18.1 Å². The van der Waals surface area contributed by atoms with Crippen LogP contribution in [0.15, 0.2) is 29.3 Å². The van der Waals surface area contributed by atoms with Crippen LogP contribution in [0.5, 0.6) is 0 Å². The molecular weight excluding hydrogens is 413 g/mol. The normalized spacial score (nSPS) is 17.0. The van der Waals surface area contributed by atoms with Crippen molar-refractivity contribution in [3.05, 3.63) is 34.9 Å². The first-order valence-electron chi connectivity index (χ1n) is 7.68. The number of hydrogen-bond acceptors (Lipinski definition) is 2. The number of hydrogen-bond donors (Lipinski definition) is 3. The van der Waals surface area contributed by atoms with Crippen LogP contribution >= 0.6 is 35.6 Å². The Morgan fingerprint density at radius 3 is 2.68 bits per heavy atom. The molecule has 0 bridgehead atoms. The first-order valence-corrected chi connectivity index (χ1v) is 8.06. The Balaban J connectivity index is 0.00000242. The minimum atomic E-state index is -0.683. The van der Waals surface area contributed by atoms with Crippen LogP contribution in [0.25, 0.3) is 0 Å². The molecule has 0 aromatic heterocycles. The summed E-state index contributed by atoms with van der Waals surface area (Å²) in [5.74, 6) is 0.774. The average Bonchev–Trinajstić information content (AvgIpc) is 2.98. The fourth-order valence-electron chi connectivity index (χ4n) is 2.60. The summed E-state index contributed by atoms with van der Waals surface area (Å²) in [5.41, 5.74) is 0.722. The van der Waals surface area contributed by atoms with Crippen molar-refractivity contribution < 1.29 is 5.11 Å². The molecule has 1 fully saturated rings. The summed E-state index contributed by atoms with van der Waals surface area (Å²) >= 11 is 6.09. The number of aliphatic hydroxyl groups is 1. The van der Waals surface area contributed by atoms with Crippen LogP contribution in [0, 0.1) is 0 Å². The minimum absolute atomic E-state index is 0. The Morgan fingerprint density at radius 1 is 1.36 bits per heavy atom. The van der Waals surface area contributed by atoms with Crippen molar-refractivity contribution >= 4 is 41.5 Å². The molecule has 0 saturated heterocycles. The molecule has 4 nitrogen and oxygen atoms in total. The van der Waals surface area contributed by atoms with E-state index in [1.54, 1.807) is 6.07 Å². The molecule has 0 amide bonds. The molecule has 3 N–H and O–H groups in total. The predicted octanol–water partition coefficient (Wildman–Crippen LogP) is 3.49. The fraction of sp³-hybridized carbons (Fsp3) is 0.562. The molecule has 1 aromatic rings. The van der Waals surface area contributed by atoms with Crippen molar-refractivity contribution in [2.45, 2.75) is 44.8 Å². The van der Waals surface area contributed by atoms with E-state index >= 15 is 0 Å². The van der Waals surface area contributed by atoms with Crippen molar-refractivity contribution in [1.29, 1.82) is 0 Å². The topological polar surface area (TPSA) is 56.7 Å². The lowest BCUT2D eigenvalue weighted by Gasteiger charge is -2.17. The Hall–Kier alpha value is -0.530. The molecule has 1 aliphatic carbocycles. The largest absolute Gasteiger partial charge is 0.386 e.